The second-order valence-electron chi connectivity index (χ2n) is 9.33. The lowest BCUT2D eigenvalue weighted by molar-refractivity contribution is -0.233. The molecule has 0 bridgehead atoms. The largest absolute Gasteiger partial charge is 0.479 e. The zero-order valence-corrected chi connectivity index (χ0v) is 25.0. The second-order valence-corrected chi connectivity index (χ2v) is 10.8. The van der Waals surface area contributed by atoms with Crippen LogP contribution in [0.25, 0.3) is 6.08 Å². The summed E-state index contributed by atoms with van der Waals surface area (Å²) in [6.45, 7) is 1.08. The van der Waals surface area contributed by atoms with Gasteiger partial charge in [-0.15, -0.1) is 0 Å². The van der Waals surface area contributed by atoms with Gasteiger partial charge in [-0.1, -0.05) is 34.7 Å². The number of esters is 1. The van der Waals surface area contributed by atoms with Gasteiger partial charge in [0.2, 0.25) is 18.1 Å². The Hall–Kier alpha value is -3.87. The van der Waals surface area contributed by atoms with E-state index in [4.69, 9.17) is 14.2 Å². The van der Waals surface area contributed by atoms with Crippen LogP contribution in [0.3, 0.4) is 0 Å². The number of benzene rings is 1. The van der Waals surface area contributed by atoms with Crippen molar-refractivity contribution in [3.05, 3.63) is 42.0 Å². The van der Waals surface area contributed by atoms with Gasteiger partial charge in [0.05, 0.1) is 9.61 Å². The summed E-state index contributed by atoms with van der Waals surface area (Å²) in [4.78, 5) is 71.5. The molecule has 232 valence electrons. The molecule has 2 heterocycles. The number of imide groups is 1. The number of amides is 4. The number of carboxylic acid groups (broad SMARTS) is 1. The number of carbonyl (C=O) groups is 6. The predicted octanol–water partition coefficient (Wildman–Crippen LogP) is -0.263. The van der Waals surface area contributed by atoms with Crippen LogP contribution in [0.15, 0.2) is 36.4 Å². The summed E-state index contributed by atoms with van der Waals surface area (Å²) in [6, 6.07) is 4.49. The van der Waals surface area contributed by atoms with Crippen molar-refractivity contribution in [3.8, 4) is 5.75 Å². The Labute approximate surface area is 259 Å². The Bertz CT molecular complexity index is 1300. The Balaban J connectivity index is 1.66. The predicted molar refractivity (Wildman–Crippen MR) is 156 cm³/mol. The Morgan fingerprint density at radius 1 is 1.07 bits per heavy atom. The van der Waals surface area contributed by atoms with Crippen LogP contribution in [0.5, 0.6) is 5.75 Å². The molecule has 5 atom stereocenters. The van der Waals surface area contributed by atoms with E-state index in [-0.39, 0.29) is 44.0 Å². The van der Waals surface area contributed by atoms with E-state index in [9.17, 15) is 44.1 Å². The fourth-order valence-electron chi connectivity index (χ4n) is 3.93. The standard InChI is InChI=1S/C27H30IN3O12/c1-14(32)41-12-2-3-15-4-5-17(42-27-24(38)23(37)22(28)25(43-27)26(39)40)16(13-15)30-19(34)8-10-29-18(33)9-11-31-20(35)6-7-21(31)36/h2-7,13,22-25,27,37-38H,8-12H2,1H3,(H,29,33)(H,30,34)(H,39,40)/b3-2+/t22-,23-,24+,25-,27+/m0/s1. The molecule has 2 aliphatic rings. The SMILES string of the molecule is CC(=O)OC/C=C/c1ccc(O[C@@H]2O[C@H](C(=O)O)[C@@H](I)[C@H](O)[C@H]2O)c(NC(=O)CCNC(=O)CCN2C(=O)C=CC2=O)c1. The summed E-state index contributed by atoms with van der Waals surface area (Å²) in [6.07, 6.45) is -1.11. The molecule has 0 aliphatic carbocycles. The molecule has 1 aromatic rings. The van der Waals surface area contributed by atoms with Crippen LogP contribution in [-0.4, -0.2) is 104 Å². The maximum atomic E-state index is 12.7. The molecule has 5 N–H and O–H groups in total. The quantitative estimate of drug-likeness (QED) is 0.0773. The number of anilines is 1. The van der Waals surface area contributed by atoms with Crippen LogP contribution in [0, 0.1) is 0 Å². The Morgan fingerprint density at radius 2 is 1.77 bits per heavy atom. The van der Waals surface area contributed by atoms with Crippen molar-refractivity contribution in [1.82, 2.24) is 10.2 Å². The summed E-state index contributed by atoms with van der Waals surface area (Å²) < 4.78 is 15.0. The van der Waals surface area contributed by atoms with Gasteiger partial charge in [-0.25, -0.2) is 4.79 Å². The lowest BCUT2D eigenvalue weighted by atomic mass is 10.0. The third kappa shape index (κ3) is 9.57. The molecular formula is C27H30IN3O12. The monoisotopic (exact) mass is 715 g/mol. The highest BCUT2D eigenvalue weighted by Crippen LogP contribution is 2.33. The Kier molecular flexibility index (Phi) is 12.2. The smallest absolute Gasteiger partial charge is 0.334 e. The van der Waals surface area contributed by atoms with Crippen LogP contribution in [-0.2, 0) is 38.2 Å². The average Bonchev–Trinajstić information content (AvgIpc) is 3.27. The van der Waals surface area contributed by atoms with E-state index in [2.05, 4.69) is 10.6 Å². The lowest BCUT2D eigenvalue weighted by Crippen LogP contribution is -2.59. The average molecular weight is 715 g/mol. The normalized spacial score (nSPS) is 23.3. The van der Waals surface area contributed by atoms with Gasteiger partial charge in [-0.2, -0.15) is 0 Å². The van der Waals surface area contributed by atoms with E-state index >= 15 is 0 Å². The molecule has 1 fully saturated rings. The molecule has 0 unspecified atom stereocenters. The zero-order valence-electron chi connectivity index (χ0n) is 22.8. The molecular weight excluding hydrogens is 685 g/mol. The Morgan fingerprint density at radius 3 is 2.42 bits per heavy atom. The number of aliphatic hydroxyl groups is 2. The van der Waals surface area contributed by atoms with Crippen molar-refractivity contribution >= 4 is 69.9 Å². The molecule has 0 saturated carbocycles. The van der Waals surface area contributed by atoms with Gasteiger partial charge in [-0.3, -0.25) is 28.9 Å². The van der Waals surface area contributed by atoms with Crippen molar-refractivity contribution in [2.75, 3.05) is 25.0 Å². The number of carbonyl (C=O) groups excluding carboxylic acids is 5. The third-order valence-corrected chi connectivity index (χ3v) is 7.51. The number of halogens is 1. The van der Waals surface area contributed by atoms with Crippen molar-refractivity contribution in [2.45, 2.75) is 48.3 Å². The van der Waals surface area contributed by atoms with E-state index < -0.39 is 64.1 Å². The van der Waals surface area contributed by atoms with E-state index in [1.165, 1.54) is 19.1 Å². The maximum Gasteiger partial charge on any atom is 0.334 e. The van der Waals surface area contributed by atoms with Crippen LogP contribution < -0.4 is 15.4 Å². The highest BCUT2D eigenvalue weighted by molar-refractivity contribution is 14.1. The molecule has 15 nitrogen and oxygen atoms in total. The molecule has 16 heteroatoms. The molecule has 1 saturated heterocycles. The lowest BCUT2D eigenvalue weighted by Gasteiger charge is -2.38. The van der Waals surface area contributed by atoms with E-state index in [0.29, 0.717) is 5.56 Å². The summed E-state index contributed by atoms with van der Waals surface area (Å²) in [5.74, 6) is -3.90. The number of alkyl halides is 1. The van der Waals surface area contributed by atoms with Crippen molar-refractivity contribution in [2.24, 2.45) is 0 Å². The van der Waals surface area contributed by atoms with E-state index in [0.717, 1.165) is 17.1 Å². The van der Waals surface area contributed by atoms with E-state index in [1.54, 1.807) is 40.8 Å². The molecule has 4 amide bonds. The van der Waals surface area contributed by atoms with Crippen molar-refractivity contribution < 1.29 is 58.3 Å². The number of aliphatic hydroxyl groups excluding tert-OH is 2. The number of nitrogens with zero attached hydrogens (tertiary/aromatic N) is 1. The van der Waals surface area contributed by atoms with Gasteiger partial charge >= 0.3 is 11.9 Å². The fraction of sp³-hybridized carbons (Fsp3) is 0.407. The topological polar surface area (TPSA) is 218 Å². The zero-order chi connectivity index (χ0) is 31.7. The van der Waals surface area contributed by atoms with Crippen LogP contribution in [0.1, 0.15) is 25.3 Å². The van der Waals surface area contributed by atoms with E-state index in [1.807, 2.05) is 0 Å². The first-order chi connectivity index (χ1) is 20.4. The summed E-state index contributed by atoms with van der Waals surface area (Å²) in [5.41, 5.74) is 0.641. The maximum absolute atomic E-state index is 12.7. The number of nitrogens with one attached hydrogen (secondary N) is 2. The molecule has 1 aromatic carbocycles. The van der Waals surface area contributed by atoms with Gasteiger partial charge < -0.3 is 40.2 Å². The van der Waals surface area contributed by atoms with Gasteiger partial charge in [0, 0.05) is 45.0 Å². The summed E-state index contributed by atoms with van der Waals surface area (Å²) >= 11 is 1.66. The second kappa shape index (κ2) is 15.6. The first-order valence-corrected chi connectivity index (χ1v) is 14.2. The number of hydrogen-bond acceptors (Lipinski definition) is 11. The van der Waals surface area contributed by atoms with Gasteiger partial charge in [0.25, 0.3) is 11.8 Å². The van der Waals surface area contributed by atoms with Crippen LogP contribution in [0.4, 0.5) is 5.69 Å². The van der Waals surface area contributed by atoms with Crippen LogP contribution >= 0.6 is 22.6 Å². The first-order valence-electron chi connectivity index (χ1n) is 13.0. The number of aliphatic carboxylic acids is 1. The number of hydrogen-bond donors (Lipinski definition) is 5. The molecule has 3 rings (SSSR count). The highest BCUT2D eigenvalue weighted by atomic mass is 127. The molecule has 2 aliphatic heterocycles. The summed E-state index contributed by atoms with van der Waals surface area (Å²) in [7, 11) is 0. The number of ether oxygens (including phenoxy) is 3. The minimum Gasteiger partial charge on any atom is -0.479 e. The molecule has 43 heavy (non-hydrogen) atoms. The fourth-order valence-corrected chi connectivity index (χ4v) is 4.83. The number of carboxylic acids is 1. The highest BCUT2D eigenvalue weighted by Gasteiger charge is 2.47. The first kappa shape index (κ1) is 33.6. The van der Waals surface area contributed by atoms with Gasteiger partial charge in [0.1, 0.15) is 24.6 Å². The van der Waals surface area contributed by atoms with Crippen LogP contribution in [0.2, 0.25) is 0 Å². The molecule has 0 aromatic heterocycles. The van der Waals surface area contributed by atoms with Gasteiger partial charge in [-0.05, 0) is 23.8 Å². The number of rotatable bonds is 13. The minimum atomic E-state index is -1.61. The summed E-state index contributed by atoms with van der Waals surface area (Å²) in [5, 5.41) is 35.4. The molecule has 0 radical (unpaired) electrons. The van der Waals surface area contributed by atoms with Crippen molar-refractivity contribution in [1.29, 1.82) is 0 Å². The molecule has 0 spiro atoms. The van der Waals surface area contributed by atoms with Crippen molar-refractivity contribution in [3.63, 3.8) is 0 Å². The third-order valence-electron chi connectivity index (χ3n) is 6.12. The minimum absolute atomic E-state index is 0.000388. The van der Waals surface area contributed by atoms with Gasteiger partial charge in [0.15, 0.2) is 6.10 Å².